The van der Waals surface area contributed by atoms with Gasteiger partial charge in [0.1, 0.15) is 0 Å². The highest BCUT2D eigenvalue weighted by Gasteiger charge is 2.51. The molecule has 3 aliphatic heterocycles. The summed E-state index contributed by atoms with van der Waals surface area (Å²) in [4.78, 5) is 21.1. The Morgan fingerprint density at radius 3 is 2.45 bits per heavy atom. The first-order valence-electron chi connectivity index (χ1n) is 12.5. The number of ether oxygens (including phenoxy) is 1. The Morgan fingerprint density at radius 2 is 1.70 bits per heavy atom. The molecule has 2 aromatic carbocycles. The molecule has 0 spiro atoms. The molecule has 4 heteroatoms. The summed E-state index contributed by atoms with van der Waals surface area (Å²) in [6.07, 6.45) is 9.04. The van der Waals surface area contributed by atoms with E-state index in [1.807, 2.05) is 18.3 Å². The molecule has 3 aromatic rings. The Kier molecular flexibility index (Phi) is 5.41. The summed E-state index contributed by atoms with van der Waals surface area (Å²) in [5.41, 5.74) is 3.22. The highest BCUT2D eigenvalue weighted by atomic mass is 16.5. The van der Waals surface area contributed by atoms with Crippen LogP contribution in [0.25, 0.3) is 10.9 Å². The summed E-state index contributed by atoms with van der Waals surface area (Å²) in [5, 5.41) is 1.27. The smallest absolute Gasteiger partial charge is 0.233 e. The first kappa shape index (κ1) is 20.9. The van der Waals surface area contributed by atoms with E-state index in [9.17, 15) is 4.79 Å². The maximum Gasteiger partial charge on any atom is 0.233 e. The van der Waals surface area contributed by atoms with Crippen LogP contribution in [0.5, 0.6) is 0 Å². The van der Waals surface area contributed by atoms with Crippen molar-refractivity contribution < 1.29 is 9.53 Å². The predicted octanol–water partition coefficient (Wildman–Crippen LogP) is 5.30. The molecule has 0 unspecified atom stereocenters. The largest absolute Gasteiger partial charge is 0.381 e. The van der Waals surface area contributed by atoms with Crippen LogP contribution in [-0.2, 0) is 21.4 Å². The predicted molar refractivity (Wildman–Crippen MR) is 130 cm³/mol. The minimum atomic E-state index is -0.422. The molecule has 4 nitrogen and oxygen atoms in total. The molecule has 2 bridgehead atoms. The van der Waals surface area contributed by atoms with Gasteiger partial charge in [0.2, 0.25) is 5.91 Å². The average molecular weight is 441 g/mol. The van der Waals surface area contributed by atoms with Gasteiger partial charge in [-0.15, -0.1) is 0 Å². The molecule has 3 saturated heterocycles. The standard InChI is InChI=1S/C29H32N2O2/c32-28(29(13-16-33-17-14-29)23-7-2-1-3-8-23)31-24-11-12-25(31)20-21(19-24)18-22-6-4-10-27-26(22)9-5-15-30-27/h1-10,15,21,24-25H,11-14,16-20H2/t24-,25-/m0/s1. The van der Waals surface area contributed by atoms with Gasteiger partial charge in [-0.3, -0.25) is 9.78 Å². The molecule has 0 radical (unpaired) electrons. The van der Waals surface area contributed by atoms with Gasteiger partial charge in [-0.25, -0.2) is 0 Å². The van der Waals surface area contributed by atoms with Gasteiger partial charge in [-0.1, -0.05) is 48.5 Å². The second-order valence-corrected chi connectivity index (χ2v) is 10.2. The molecular formula is C29H32N2O2. The van der Waals surface area contributed by atoms with Crippen LogP contribution in [0.2, 0.25) is 0 Å². The van der Waals surface area contributed by atoms with E-state index >= 15 is 0 Å². The third-order valence-corrected chi connectivity index (χ3v) is 8.39. The number of aromatic nitrogens is 1. The summed E-state index contributed by atoms with van der Waals surface area (Å²) < 4.78 is 5.70. The fourth-order valence-corrected chi connectivity index (χ4v) is 6.79. The number of pyridine rings is 1. The third-order valence-electron chi connectivity index (χ3n) is 8.39. The van der Waals surface area contributed by atoms with E-state index in [-0.39, 0.29) is 0 Å². The summed E-state index contributed by atoms with van der Waals surface area (Å²) in [7, 11) is 0. The van der Waals surface area contributed by atoms with E-state index in [1.54, 1.807) is 0 Å². The van der Waals surface area contributed by atoms with Crippen LogP contribution in [0.15, 0.2) is 66.9 Å². The average Bonchev–Trinajstić information content (AvgIpc) is 3.14. The number of hydrogen-bond acceptors (Lipinski definition) is 3. The van der Waals surface area contributed by atoms with E-state index in [0.29, 0.717) is 37.1 Å². The van der Waals surface area contributed by atoms with E-state index in [4.69, 9.17) is 4.74 Å². The van der Waals surface area contributed by atoms with Crippen molar-refractivity contribution in [1.29, 1.82) is 0 Å². The fourth-order valence-electron chi connectivity index (χ4n) is 6.79. The lowest BCUT2D eigenvalue weighted by Gasteiger charge is -2.46. The SMILES string of the molecule is O=C(N1[C@H]2CC[C@H]1CC(Cc1cccc3ncccc13)C2)C1(c2ccccc2)CCOCC1. The third kappa shape index (κ3) is 3.65. The Hall–Kier alpha value is -2.72. The monoisotopic (exact) mass is 440 g/mol. The topological polar surface area (TPSA) is 42.4 Å². The van der Waals surface area contributed by atoms with Crippen LogP contribution >= 0.6 is 0 Å². The first-order valence-corrected chi connectivity index (χ1v) is 12.5. The van der Waals surface area contributed by atoms with Crippen molar-refractivity contribution in [3.05, 3.63) is 78.0 Å². The maximum atomic E-state index is 14.2. The van der Waals surface area contributed by atoms with Gasteiger partial charge in [0.15, 0.2) is 0 Å². The van der Waals surface area contributed by atoms with E-state index in [0.717, 1.165) is 50.5 Å². The van der Waals surface area contributed by atoms with Gasteiger partial charge >= 0.3 is 0 Å². The normalized spacial score (nSPS) is 26.4. The maximum absolute atomic E-state index is 14.2. The minimum Gasteiger partial charge on any atom is -0.381 e. The fraction of sp³-hybridized carbons (Fsp3) is 0.448. The quantitative estimate of drug-likeness (QED) is 0.553. The van der Waals surface area contributed by atoms with Gasteiger partial charge < -0.3 is 9.64 Å². The minimum absolute atomic E-state index is 0.359. The summed E-state index contributed by atoms with van der Waals surface area (Å²) in [6.45, 7) is 1.34. The van der Waals surface area contributed by atoms with Crippen molar-refractivity contribution in [2.75, 3.05) is 13.2 Å². The van der Waals surface area contributed by atoms with Crippen molar-refractivity contribution >= 4 is 16.8 Å². The number of fused-ring (bicyclic) bond motifs is 3. The number of carbonyl (C=O) groups is 1. The number of hydrogen-bond donors (Lipinski definition) is 0. The zero-order valence-electron chi connectivity index (χ0n) is 19.2. The molecule has 0 aliphatic carbocycles. The van der Waals surface area contributed by atoms with Crippen LogP contribution in [0.3, 0.4) is 0 Å². The molecule has 3 fully saturated rings. The first-order chi connectivity index (χ1) is 16.2. The van der Waals surface area contributed by atoms with E-state index in [1.165, 1.54) is 16.5 Å². The Morgan fingerprint density at radius 1 is 0.939 bits per heavy atom. The van der Waals surface area contributed by atoms with Crippen LogP contribution in [-0.4, -0.2) is 41.1 Å². The number of piperidine rings is 1. The molecule has 2 atom stereocenters. The molecule has 170 valence electrons. The Bertz CT molecular complexity index is 1120. The van der Waals surface area contributed by atoms with Crippen molar-refractivity contribution in [3.63, 3.8) is 0 Å². The lowest BCUT2D eigenvalue weighted by molar-refractivity contribution is -0.146. The van der Waals surface area contributed by atoms with E-state index in [2.05, 4.69) is 58.4 Å². The Balaban J connectivity index is 1.24. The van der Waals surface area contributed by atoms with Gasteiger partial charge in [0, 0.05) is 36.9 Å². The summed E-state index contributed by atoms with van der Waals surface area (Å²) >= 11 is 0. The van der Waals surface area contributed by atoms with E-state index < -0.39 is 5.41 Å². The number of nitrogens with zero attached hydrogens (tertiary/aromatic N) is 2. The van der Waals surface area contributed by atoms with Crippen molar-refractivity contribution in [3.8, 4) is 0 Å². The molecule has 3 aliphatic rings. The lowest BCUT2D eigenvalue weighted by Crippen LogP contribution is -2.56. The summed E-state index contributed by atoms with van der Waals surface area (Å²) in [5.74, 6) is 0.983. The van der Waals surface area contributed by atoms with Crippen molar-refractivity contribution in [1.82, 2.24) is 9.88 Å². The van der Waals surface area contributed by atoms with Gasteiger partial charge in [0.25, 0.3) is 0 Å². The van der Waals surface area contributed by atoms with Gasteiger partial charge in [-0.2, -0.15) is 0 Å². The molecule has 0 saturated carbocycles. The molecule has 6 rings (SSSR count). The molecular weight excluding hydrogens is 408 g/mol. The molecule has 4 heterocycles. The highest BCUT2D eigenvalue weighted by molar-refractivity contribution is 5.89. The van der Waals surface area contributed by atoms with Crippen LogP contribution in [0, 0.1) is 5.92 Å². The van der Waals surface area contributed by atoms with Crippen molar-refractivity contribution in [2.24, 2.45) is 5.92 Å². The zero-order chi connectivity index (χ0) is 22.3. The van der Waals surface area contributed by atoms with Crippen molar-refractivity contribution in [2.45, 2.75) is 62.4 Å². The van der Waals surface area contributed by atoms with Gasteiger partial charge in [-0.05, 0) is 74.1 Å². The molecule has 1 aromatic heterocycles. The Labute approximate surface area is 196 Å². The molecule has 0 N–H and O–H groups in total. The van der Waals surface area contributed by atoms with Gasteiger partial charge in [0.05, 0.1) is 10.9 Å². The number of rotatable bonds is 4. The zero-order valence-corrected chi connectivity index (χ0v) is 19.2. The summed E-state index contributed by atoms with van der Waals surface area (Å²) in [6, 6.07) is 21.9. The molecule has 1 amide bonds. The molecule has 33 heavy (non-hydrogen) atoms. The lowest BCUT2D eigenvalue weighted by atomic mass is 9.72. The van der Waals surface area contributed by atoms with Crippen LogP contribution in [0.4, 0.5) is 0 Å². The number of carbonyl (C=O) groups excluding carboxylic acids is 1. The second-order valence-electron chi connectivity index (χ2n) is 10.2. The second kappa shape index (κ2) is 8.57. The van der Waals surface area contributed by atoms with Crippen LogP contribution in [0.1, 0.15) is 49.7 Å². The van der Waals surface area contributed by atoms with Crippen LogP contribution < -0.4 is 0 Å². The number of benzene rings is 2. The number of amides is 1. The highest BCUT2D eigenvalue weighted by Crippen LogP contribution is 2.45.